The van der Waals surface area contributed by atoms with E-state index in [0.717, 1.165) is 28.2 Å². The third kappa shape index (κ3) is 28.2. The molecule has 2 aromatic carbocycles. The molecule has 526 valence electrons. The molecule has 3 aromatic rings. The molecule has 95 heavy (non-hydrogen) atoms. The number of para-hydroxylation sites is 1. The van der Waals surface area contributed by atoms with Crippen LogP contribution in [-0.4, -0.2) is 207 Å². The van der Waals surface area contributed by atoms with Crippen molar-refractivity contribution in [3.8, 4) is 0 Å². The highest BCUT2D eigenvalue weighted by atomic mass is 33.1. The number of carbonyl (C=O) groups is 11. The van der Waals surface area contributed by atoms with E-state index < -0.39 is 132 Å². The van der Waals surface area contributed by atoms with E-state index >= 15 is 9.59 Å². The third-order valence-electron chi connectivity index (χ3n) is 15.3. The fourth-order valence-corrected chi connectivity index (χ4v) is 16.1. The number of esters is 1. The van der Waals surface area contributed by atoms with Crippen LogP contribution in [0.5, 0.6) is 0 Å². The lowest BCUT2D eigenvalue weighted by molar-refractivity contribution is -0.157. The molecule has 3 heterocycles. The van der Waals surface area contributed by atoms with Crippen LogP contribution >= 0.6 is 54.9 Å². The number of aromatic nitrogens is 1. The summed E-state index contributed by atoms with van der Waals surface area (Å²) in [5.74, 6) is -6.18. The molecule has 8 atom stereocenters. The van der Waals surface area contributed by atoms with Crippen molar-refractivity contribution in [2.75, 3.05) is 64.9 Å². The summed E-state index contributed by atoms with van der Waals surface area (Å²) in [5.41, 5.74) is 19.9. The van der Waals surface area contributed by atoms with Gasteiger partial charge in [0.05, 0.1) is 12.6 Å². The quantitative estimate of drug-likeness (QED) is 0.0219. The molecule has 2 saturated heterocycles. The molecule has 0 bridgehead atoms. The number of amides is 9. The summed E-state index contributed by atoms with van der Waals surface area (Å²) in [7, 11) is 9.95. The normalized spacial score (nSPS) is 16.8. The second-order valence-corrected chi connectivity index (χ2v) is 33.4. The largest absolute Gasteiger partial charge is 0.454 e. The molecule has 0 spiro atoms. The molecule has 9 amide bonds. The summed E-state index contributed by atoms with van der Waals surface area (Å²) < 4.78 is 5.36. The van der Waals surface area contributed by atoms with Crippen LogP contribution in [0.1, 0.15) is 130 Å². The van der Waals surface area contributed by atoms with E-state index in [-0.39, 0.29) is 61.2 Å². The number of unbranched alkanes of at least 4 members (excludes halogenated alkanes) is 2. The Bertz CT molecular complexity index is 3060. The van der Waals surface area contributed by atoms with Gasteiger partial charge in [0.1, 0.15) is 42.3 Å². The zero-order valence-corrected chi connectivity index (χ0v) is 60.0. The van der Waals surface area contributed by atoms with Gasteiger partial charge in [0.25, 0.3) is 5.91 Å². The maximum atomic E-state index is 15.0. The number of hydrogen-bond donors (Lipinski definition) is 10. The third-order valence-corrected chi connectivity index (χ3v) is 23.0. The molecule has 0 radical (unpaired) electrons. The summed E-state index contributed by atoms with van der Waals surface area (Å²) in [6, 6.07) is 7.23. The number of H-pyrrole nitrogens is 1. The Morgan fingerprint density at radius 2 is 1.23 bits per heavy atom. The summed E-state index contributed by atoms with van der Waals surface area (Å²) in [6.45, 7) is 12.2. The van der Waals surface area contributed by atoms with Crippen molar-refractivity contribution < 1.29 is 57.5 Å². The molecule has 2 fully saturated rings. The van der Waals surface area contributed by atoms with Crippen LogP contribution in [0.15, 0.2) is 60.8 Å². The predicted octanol–water partition coefficient (Wildman–Crippen LogP) is 4.05. The van der Waals surface area contributed by atoms with E-state index in [1.807, 2.05) is 115 Å². The van der Waals surface area contributed by atoms with Crippen molar-refractivity contribution in [2.24, 2.45) is 17.2 Å². The zero-order chi connectivity index (χ0) is 69.8. The topological polar surface area (TPSA) is 373 Å². The average molecular weight is 1410 g/mol. The van der Waals surface area contributed by atoms with Crippen LogP contribution < -0.4 is 49.1 Å². The minimum Gasteiger partial charge on any atom is -0.454 e. The highest BCUT2D eigenvalue weighted by molar-refractivity contribution is 8.77. The van der Waals surface area contributed by atoms with Gasteiger partial charge in [-0.2, -0.15) is 0 Å². The molecule has 0 aliphatic carbocycles. The van der Waals surface area contributed by atoms with Gasteiger partial charge < -0.3 is 73.5 Å². The molecular weight excluding hydrogens is 1320 g/mol. The first kappa shape index (κ1) is 79.7. The Labute approximate surface area is 578 Å². The van der Waals surface area contributed by atoms with Crippen molar-refractivity contribution in [3.05, 3.63) is 71.9 Å². The summed E-state index contributed by atoms with van der Waals surface area (Å²) in [4.78, 5) is 161. The van der Waals surface area contributed by atoms with Crippen molar-refractivity contribution in [1.29, 1.82) is 0 Å². The van der Waals surface area contributed by atoms with Crippen molar-refractivity contribution in [3.63, 3.8) is 0 Å². The average Bonchev–Trinajstić information content (AvgIpc) is 1.76. The van der Waals surface area contributed by atoms with Gasteiger partial charge in [0, 0.05) is 69.8 Å². The van der Waals surface area contributed by atoms with Crippen LogP contribution in [0, 0.1) is 0 Å². The lowest BCUT2D eigenvalue weighted by Crippen LogP contribution is -2.59. The number of nitrogens with zero attached hydrogens (tertiary/aromatic N) is 3. The monoisotopic (exact) mass is 1410 g/mol. The van der Waals surface area contributed by atoms with Gasteiger partial charge in [-0.15, -0.1) is 0 Å². The lowest BCUT2D eigenvalue weighted by atomic mass is 10.0. The molecular formula is C65H99N13O12S5. The number of rotatable bonds is 39. The maximum absolute atomic E-state index is 15.0. The van der Waals surface area contributed by atoms with Crippen molar-refractivity contribution >= 4 is 130 Å². The summed E-state index contributed by atoms with van der Waals surface area (Å²) in [6.07, 6.45) is 4.94. The number of hydrogen-bond acceptors (Lipinski definition) is 20. The second kappa shape index (κ2) is 40.0. The number of fused-ring (bicyclic) bond motifs is 1. The molecule has 13 N–H and O–H groups in total. The lowest BCUT2D eigenvalue weighted by Gasteiger charge is -2.30. The number of primary amides is 1. The van der Waals surface area contributed by atoms with Crippen LogP contribution in [-0.2, 0) is 69.7 Å². The molecule has 5 rings (SSSR count). The Hall–Kier alpha value is -6.02. The van der Waals surface area contributed by atoms with E-state index in [2.05, 4.69) is 36.9 Å². The van der Waals surface area contributed by atoms with Gasteiger partial charge in [-0.1, -0.05) is 145 Å². The van der Waals surface area contributed by atoms with Crippen LogP contribution in [0.3, 0.4) is 0 Å². The smallest absolute Gasteiger partial charge is 0.329 e. The number of benzene rings is 2. The fourth-order valence-electron chi connectivity index (χ4n) is 10.5. The van der Waals surface area contributed by atoms with Crippen molar-refractivity contribution in [1.82, 2.24) is 51.6 Å². The van der Waals surface area contributed by atoms with Gasteiger partial charge >= 0.3 is 5.97 Å². The maximum Gasteiger partial charge on any atom is 0.329 e. The Morgan fingerprint density at radius 1 is 0.663 bits per heavy atom. The van der Waals surface area contributed by atoms with E-state index in [1.165, 1.54) is 31.4 Å². The first-order valence-electron chi connectivity index (χ1n) is 32.3. The molecule has 30 heteroatoms. The van der Waals surface area contributed by atoms with Crippen LogP contribution in [0.25, 0.3) is 10.9 Å². The molecule has 0 saturated carbocycles. The number of carbonyl (C=O) groups excluding carboxylic acids is 11. The number of nitrogens with one attached hydrogen (secondary N) is 7. The molecule has 25 nitrogen and oxygen atoms in total. The SMILES string of the molecule is CN(C)CCCC[C@H](NC(=O)CNC(=O)[C@@H](N)CSSC(C)(C)C)C(=O)N[C@@H](Cc1c[nH]c2ccccc12)C(=O)N[C@@H](CCSSC(C)(C)C)C(=O)N1CCC[C@H]1C(=O)OCC(=O)N[C@@H](CCCCN)C(=O)N[C@@H](CC(=O)SCc1ccccc1)C(=O)N1CCC[C@H]1C(N)=O. The number of likely N-dealkylation sites (tertiary alicyclic amines) is 2. The van der Waals surface area contributed by atoms with Crippen LogP contribution in [0.4, 0.5) is 0 Å². The fraction of sp³-hybridized carbons (Fsp3) is 0.615. The van der Waals surface area contributed by atoms with Gasteiger partial charge in [0.2, 0.25) is 47.3 Å². The molecule has 1 aromatic heterocycles. The van der Waals surface area contributed by atoms with E-state index in [9.17, 15) is 43.2 Å². The van der Waals surface area contributed by atoms with Crippen molar-refractivity contribution in [2.45, 2.75) is 189 Å². The number of aromatic amines is 1. The van der Waals surface area contributed by atoms with E-state index in [4.69, 9.17) is 21.9 Å². The van der Waals surface area contributed by atoms with Crippen LogP contribution in [0.2, 0.25) is 0 Å². The van der Waals surface area contributed by atoms with Gasteiger partial charge in [-0.3, -0.25) is 47.9 Å². The first-order valence-corrected chi connectivity index (χ1v) is 38.0. The number of thioether (sulfide) groups is 1. The minimum absolute atomic E-state index is 0.0448. The summed E-state index contributed by atoms with van der Waals surface area (Å²) in [5, 5.41) is 16.9. The number of nitrogens with two attached hydrogens (primary N) is 3. The van der Waals surface area contributed by atoms with E-state index in [0.29, 0.717) is 74.3 Å². The minimum atomic E-state index is -1.42. The highest BCUT2D eigenvalue weighted by Crippen LogP contribution is 2.36. The summed E-state index contributed by atoms with van der Waals surface area (Å²) >= 11 is 0.963. The highest BCUT2D eigenvalue weighted by Gasteiger charge is 2.42. The van der Waals surface area contributed by atoms with Gasteiger partial charge in [-0.25, -0.2) is 4.79 Å². The first-order chi connectivity index (χ1) is 45.0. The number of ether oxygens (including phenoxy) is 1. The Morgan fingerprint density at radius 3 is 1.87 bits per heavy atom. The Kier molecular flexibility index (Phi) is 33.6. The molecule has 2 aliphatic heterocycles. The molecule has 0 unspecified atom stereocenters. The Balaban J connectivity index is 1.33. The second-order valence-electron chi connectivity index (χ2n) is 25.9. The predicted molar refractivity (Wildman–Crippen MR) is 379 cm³/mol. The zero-order valence-electron chi connectivity index (χ0n) is 56.0. The van der Waals surface area contributed by atoms with Gasteiger partial charge in [-0.05, 0) is 115 Å². The van der Waals surface area contributed by atoms with E-state index in [1.54, 1.807) is 27.8 Å². The van der Waals surface area contributed by atoms with Gasteiger partial charge in [0.15, 0.2) is 11.7 Å². The standard InChI is InChI=1S/C65H99N13O12S5/c1-64(2,3)94-92-33-28-48(73-60(86)49(34-42-36-69-45-23-13-12-22-43(42)45)74-58(84)46(25-15-17-30-76(7)8)71-53(79)37-70-57(83)44(67)40-93-95-65(4,5)6)61(87)78-32-19-27-52(78)63(89)90-38-54(80)72-47(24-14-16-29-66)59(85)75-50(62(88)77-31-18-26-51(77)56(68)82)35-55(81)91-39-41-20-10-9-11-21-41/h9-13,20-23,36,44,46-52,69H,14-19,24-35,37-40,66-67H2,1-8H3,(H2,68,82)(H,70,83)(H,71,79)(H,72,80)(H,73,86)(H,74,84)(H,75,85)/t44-,46-,47-,48-,49-,50-,51-,52-/m0/s1. The molecule has 2 aliphatic rings.